The molecule has 2 fully saturated rings. The number of nitrogens with zero attached hydrogens (tertiary/aromatic N) is 2. The molecule has 1 aliphatic carbocycles. The van der Waals surface area contributed by atoms with E-state index in [0.29, 0.717) is 22.0 Å². The van der Waals surface area contributed by atoms with Crippen LogP contribution in [0.15, 0.2) is 60.0 Å². The smallest absolute Gasteiger partial charge is 0.405 e. The molecule has 1 aliphatic heterocycles. The van der Waals surface area contributed by atoms with E-state index in [-0.39, 0.29) is 25.3 Å². The van der Waals surface area contributed by atoms with Gasteiger partial charge in [-0.2, -0.15) is 0 Å². The Morgan fingerprint density at radius 3 is 2.47 bits per heavy atom. The van der Waals surface area contributed by atoms with Gasteiger partial charge in [0.25, 0.3) is 17.7 Å². The Hall–Kier alpha value is -4.29. The largest absolute Gasteiger partial charge is 0.465 e. The zero-order chi connectivity index (χ0) is 26.6. The van der Waals surface area contributed by atoms with Gasteiger partial charge in [0.05, 0.1) is 12.3 Å². The molecule has 1 aromatic heterocycles. The summed E-state index contributed by atoms with van der Waals surface area (Å²) in [5.41, 5.74) is 2.44. The summed E-state index contributed by atoms with van der Waals surface area (Å²) in [6, 6.07) is 13.6. The first-order valence-corrected chi connectivity index (χ1v) is 12.9. The third kappa shape index (κ3) is 5.82. The number of carbonyl (C=O) groups excluding carboxylic acids is 3. The molecule has 1 saturated carbocycles. The number of hydrogen-bond donors (Lipinski definition) is 4. The quantitative estimate of drug-likeness (QED) is 0.346. The first-order chi connectivity index (χ1) is 18.4. The summed E-state index contributed by atoms with van der Waals surface area (Å²) in [6.07, 6.45) is 0.673. The van der Waals surface area contributed by atoms with Gasteiger partial charge in [-0.05, 0) is 30.5 Å². The van der Waals surface area contributed by atoms with Gasteiger partial charge in [0.1, 0.15) is 18.8 Å². The first-order valence-electron chi connectivity index (χ1n) is 12.0. The van der Waals surface area contributed by atoms with Gasteiger partial charge in [-0.15, -0.1) is 11.3 Å². The molecule has 3 aromatic rings. The number of rotatable bonds is 8. The van der Waals surface area contributed by atoms with Crippen LogP contribution in [-0.4, -0.2) is 64.2 Å². The fourth-order valence-corrected chi connectivity index (χ4v) is 4.76. The number of anilines is 1. The minimum Gasteiger partial charge on any atom is -0.465 e. The van der Waals surface area contributed by atoms with E-state index in [9.17, 15) is 24.3 Å². The number of amides is 4. The summed E-state index contributed by atoms with van der Waals surface area (Å²) in [4.78, 5) is 55.6. The normalized spacial score (nSPS) is 17.5. The lowest BCUT2D eigenvalue weighted by Crippen LogP contribution is -2.49. The Morgan fingerprint density at radius 2 is 1.79 bits per heavy atom. The van der Waals surface area contributed by atoms with E-state index in [1.54, 1.807) is 60.0 Å². The van der Waals surface area contributed by atoms with Gasteiger partial charge in [-0.3, -0.25) is 14.4 Å². The van der Waals surface area contributed by atoms with Crippen LogP contribution >= 0.6 is 11.3 Å². The van der Waals surface area contributed by atoms with Crippen molar-refractivity contribution in [2.45, 2.75) is 31.0 Å². The Bertz CT molecular complexity index is 1340. The lowest BCUT2D eigenvalue weighted by Gasteiger charge is -2.26. The zero-order valence-electron chi connectivity index (χ0n) is 20.1. The molecular formula is C26H25N5O6S. The molecule has 0 spiro atoms. The number of carboxylic acid groups (broad SMARTS) is 1. The Labute approximate surface area is 221 Å². The van der Waals surface area contributed by atoms with Crippen molar-refractivity contribution >= 4 is 40.3 Å². The van der Waals surface area contributed by atoms with Gasteiger partial charge in [0.2, 0.25) is 0 Å². The second-order valence-corrected chi connectivity index (χ2v) is 9.83. The standard InChI is InChI=1S/C26H25N5O6S/c32-22(27-18-10-11-18)17-8-6-15(7-9-17)19-13-38-25(28-19)30-23(33)20-12-37-14-31(20)24(34)21(29-26(35)36)16-4-2-1-3-5-16/h1-9,13,18,20-21,29H,10-12,14H2,(H,27,32)(H,35,36)(H,28,30,33)/t20-,21+/m0/s1. The molecule has 0 unspecified atom stereocenters. The maximum atomic E-state index is 13.3. The summed E-state index contributed by atoms with van der Waals surface area (Å²) in [5, 5.41) is 19.3. The third-order valence-corrected chi connectivity index (χ3v) is 6.96. The minimum absolute atomic E-state index is 0.0330. The van der Waals surface area contributed by atoms with Gasteiger partial charge >= 0.3 is 6.09 Å². The van der Waals surface area contributed by atoms with Crippen LogP contribution in [0.3, 0.4) is 0 Å². The van der Waals surface area contributed by atoms with Crippen molar-refractivity contribution in [1.29, 1.82) is 0 Å². The van der Waals surface area contributed by atoms with E-state index in [1.807, 2.05) is 0 Å². The van der Waals surface area contributed by atoms with Crippen molar-refractivity contribution in [3.63, 3.8) is 0 Å². The number of hydrogen-bond acceptors (Lipinski definition) is 7. The molecule has 2 heterocycles. The molecule has 2 aromatic carbocycles. The fourth-order valence-electron chi connectivity index (χ4n) is 4.04. The van der Waals surface area contributed by atoms with Gasteiger partial charge in [0, 0.05) is 22.5 Å². The highest BCUT2D eigenvalue weighted by molar-refractivity contribution is 7.14. The Morgan fingerprint density at radius 1 is 1.05 bits per heavy atom. The lowest BCUT2D eigenvalue weighted by molar-refractivity contribution is -0.139. The topological polar surface area (TPSA) is 150 Å². The highest BCUT2D eigenvalue weighted by Gasteiger charge is 2.39. The van der Waals surface area contributed by atoms with Crippen molar-refractivity contribution in [3.05, 3.63) is 71.1 Å². The molecular weight excluding hydrogens is 510 g/mol. The van der Waals surface area contributed by atoms with E-state index >= 15 is 0 Å². The summed E-state index contributed by atoms with van der Waals surface area (Å²) in [6.45, 7) is -0.180. The number of nitrogens with one attached hydrogen (secondary N) is 3. The molecule has 0 bridgehead atoms. The maximum absolute atomic E-state index is 13.3. The number of carbonyl (C=O) groups is 4. The summed E-state index contributed by atoms with van der Waals surface area (Å²) in [5.74, 6) is -1.19. The van der Waals surface area contributed by atoms with E-state index < -0.39 is 30.0 Å². The molecule has 4 amide bonds. The molecule has 0 radical (unpaired) electrons. The fraction of sp³-hybridized carbons (Fsp3) is 0.269. The first kappa shape index (κ1) is 25.4. The van der Waals surface area contributed by atoms with Crippen LogP contribution in [0.5, 0.6) is 0 Å². The van der Waals surface area contributed by atoms with E-state index in [4.69, 9.17) is 4.74 Å². The summed E-state index contributed by atoms with van der Waals surface area (Å²) >= 11 is 1.22. The lowest BCUT2D eigenvalue weighted by atomic mass is 10.1. The predicted molar refractivity (Wildman–Crippen MR) is 138 cm³/mol. The Kier molecular flexibility index (Phi) is 7.33. The average molecular weight is 536 g/mol. The SMILES string of the molecule is O=C(O)N[C@@H](C(=O)N1COC[C@H]1C(=O)Nc1nc(-c2ccc(C(=O)NC3CC3)cc2)cs1)c1ccccc1. The molecule has 38 heavy (non-hydrogen) atoms. The summed E-state index contributed by atoms with van der Waals surface area (Å²) < 4.78 is 5.39. The molecule has 4 N–H and O–H groups in total. The van der Waals surface area contributed by atoms with Crippen LogP contribution < -0.4 is 16.0 Å². The van der Waals surface area contributed by atoms with Crippen molar-refractivity contribution in [2.75, 3.05) is 18.7 Å². The molecule has 196 valence electrons. The van der Waals surface area contributed by atoms with E-state index in [0.717, 1.165) is 18.4 Å². The van der Waals surface area contributed by atoms with Crippen LogP contribution in [0.25, 0.3) is 11.3 Å². The number of thiazole rings is 1. The highest BCUT2D eigenvalue weighted by atomic mass is 32.1. The zero-order valence-corrected chi connectivity index (χ0v) is 20.9. The predicted octanol–water partition coefficient (Wildman–Crippen LogP) is 2.83. The second kappa shape index (κ2) is 11.0. The van der Waals surface area contributed by atoms with Gasteiger partial charge in [0.15, 0.2) is 5.13 Å². The van der Waals surface area contributed by atoms with E-state index in [1.165, 1.54) is 16.2 Å². The monoisotopic (exact) mass is 535 g/mol. The molecule has 1 saturated heterocycles. The second-order valence-electron chi connectivity index (χ2n) is 8.97. The average Bonchev–Trinajstić information content (AvgIpc) is 3.38. The molecule has 12 heteroatoms. The van der Waals surface area contributed by atoms with Crippen molar-refractivity contribution in [3.8, 4) is 11.3 Å². The molecule has 5 rings (SSSR count). The van der Waals surface area contributed by atoms with Gasteiger partial charge in [-0.25, -0.2) is 9.78 Å². The molecule has 2 aliphatic rings. The molecule has 2 atom stereocenters. The van der Waals surface area contributed by atoms with Crippen molar-refractivity contribution in [2.24, 2.45) is 0 Å². The van der Waals surface area contributed by atoms with Crippen LogP contribution in [0.1, 0.15) is 34.8 Å². The molecule has 11 nitrogen and oxygen atoms in total. The number of benzene rings is 2. The third-order valence-electron chi connectivity index (χ3n) is 6.21. The van der Waals surface area contributed by atoms with Crippen LogP contribution in [0.4, 0.5) is 9.93 Å². The van der Waals surface area contributed by atoms with Gasteiger partial charge in [-0.1, -0.05) is 42.5 Å². The maximum Gasteiger partial charge on any atom is 0.405 e. The highest BCUT2D eigenvalue weighted by Crippen LogP contribution is 2.27. The van der Waals surface area contributed by atoms with Crippen LogP contribution in [0, 0.1) is 0 Å². The minimum atomic E-state index is -1.36. The number of aromatic nitrogens is 1. The van der Waals surface area contributed by atoms with Crippen molar-refractivity contribution in [1.82, 2.24) is 20.5 Å². The van der Waals surface area contributed by atoms with E-state index in [2.05, 4.69) is 20.9 Å². The van der Waals surface area contributed by atoms with Crippen LogP contribution in [-0.2, 0) is 14.3 Å². The van der Waals surface area contributed by atoms with Crippen LogP contribution in [0.2, 0.25) is 0 Å². The Balaban J connectivity index is 1.24. The van der Waals surface area contributed by atoms with Crippen molar-refractivity contribution < 1.29 is 29.0 Å². The number of ether oxygens (including phenoxy) is 1. The van der Waals surface area contributed by atoms with Gasteiger partial charge < -0.3 is 30.7 Å². The summed E-state index contributed by atoms with van der Waals surface area (Å²) in [7, 11) is 0.